The lowest BCUT2D eigenvalue weighted by atomic mass is 9.87. The third-order valence-corrected chi connectivity index (χ3v) is 3.65. The van der Waals surface area contributed by atoms with E-state index in [0.717, 1.165) is 11.1 Å². The molecule has 2 aromatic rings. The second-order valence-corrected chi connectivity index (χ2v) is 6.61. The summed E-state index contributed by atoms with van der Waals surface area (Å²) in [6, 6.07) is 7.93. The topological polar surface area (TPSA) is 56.5 Å². The van der Waals surface area contributed by atoms with Crippen molar-refractivity contribution in [3.63, 3.8) is 0 Å². The minimum absolute atomic E-state index is 0.0814. The van der Waals surface area contributed by atoms with E-state index in [9.17, 15) is 4.79 Å². The molecule has 5 heteroatoms. The number of cyclic esters (lactones) is 1. The number of hydrogen-bond acceptors (Lipinski definition) is 4. The van der Waals surface area contributed by atoms with Crippen molar-refractivity contribution in [2.24, 2.45) is 12.0 Å². The Morgan fingerprint density at radius 1 is 1.17 bits per heavy atom. The molecule has 0 N–H and O–H groups in total. The molecule has 1 aliphatic rings. The Balaban J connectivity index is 1.88. The molecule has 2 heterocycles. The van der Waals surface area contributed by atoms with Gasteiger partial charge in [-0.2, -0.15) is 5.10 Å². The lowest BCUT2D eigenvalue weighted by Crippen LogP contribution is -2.11. The molecule has 0 fully saturated rings. The zero-order valence-electron chi connectivity index (χ0n) is 13.7. The van der Waals surface area contributed by atoms with Gasteiger partial charge in [0.1, 0.15) is 0 Å². The Morgan fingerprint density at radius 3 is 2.43 bits per heavy atom. The van der Waals surface area contributed by atoms with E-state index in [0.29, 0.717) is 5.90 Å². The number of nitrogens with zero attached hydrogens (tertiary/aromatic N) is 3. The third-order valence-electron chi connectivity index (χ3n) is 3.65. The molecule has 3 rings (SSSR count). The van der Waals surface area contributed by atoms with Gasteiger partial charge in [0.25, 0.3) is 0 Å². The second kappa shape index (κ2) is 5.50. The monoisotopic (exact) mass is 309 g/mol. The van der Waals surface area contributed by atoms with Gasteiger partial charge in [0.2, 0.25) is 5.90 Å². The van der Waals surface area contributed by atoms with E-state index < -0.39 is 5.97 Å². The SMILES string of the molecule is Cn1cc(C=C2N=C(c3ccc(C(C)(C)C)cc3)OC2=O)cn1. The summed E-state index contributed by atoms with van der Waals surface area (Å²) in [5.41, 5.74) is 3.19. The van der Waals surface area contributed by atoms with Crippen molar-refractivity contribution in [3.8, 4) is 0 Å². The summed E-state index contributed by atoms with van der Waals surface area (Å²) < 4.78 is 6.95. The Hall–Kier alpha value is -2.69. The Bertz CT molecular complexity index is 806. The van der Waals surface area contributed by atoms with Gasteiger partial charge >= 0.3 is 5.97 Å². The van der Waals surface area contributed by atoms with Crippen LogP contribution < -0.4 is 0 Å². The number of rotatable bonds is 2. The highest BCUT2D eigenvalue weighted by atomic mass is 16.6. The van der Waals surface area contributed by atoms with E-state index in [1.165, 1.54) is 5.56 Å². The molecular weight excluding hydrogens is 290 g/mol. The fourth-order valence-corrected chi connectivity index (χ4v) is 2.32. The van der Waals surface area contributed by atoms with Gasteiger partial charge < -0.3 is 4.74 Å². The average molecular weight is 309 g/mol. The van der Waals surface area contributed by atoms with Gasteiger partial charge in [0.15, 0.2) is 5.70 Å². The number of aryl methyl sites for hydroxylation is 1. The summed E-state index contributed by atoms with van der Waals surface area (Å²) in [5.74, 6) is -0.102. The third kappa shape index (κ3) is 3.23. The summed E-state index contributed by atoms with van der Waals surface area (Å²) in [6.45, 7) is 6.47. The normalized spacial score (nSPS) is 16.6. The van der Waals surface area contributed by atoms with Gasteiger partial charge in [-0.25, -0.2) is 9.79 Å². The van der Waals surface area contributed by atoms with Crippen LogP contribution in [-0.2, 0) is 22.0 Å². The molecule has 118 valence electrons. The van der Waals surface area contributed by atoms with E-state index in [2.05, 4.69) is 30.9 Å². The second-order valence-electron chi connectivity index (χ2n) is 6.61. The Kier molecular flexibility index (Phi) is 3.64. The van der Waals surface area contributed by atoms with Crippen molar-refractivity contribution < 1.29 is 9.53 Å². The first-order chi connectivity index (χ1) is 10.8. The molecule has 0 saturated heterocycles. The number of benzene rings is 1. The maximum atomic E-state index is 12.0. The van der Waals surface area contributed by atoms with Gasteiger partial charge in [-0.05, 0) is 29.2 Å². The highest BCUT2D eigenvalue weighted by Crippen LogP contribution is 2.24. The van der Waals surface area contributed by atoms with E-state index in [-0.39, 0.29) is 11.1 Å². The van der Waals surface area contributed by atoms with Crippen molar-refractivity contribution in [3.05, 3.63) is 59.0 Å². The van der Waals surface area contributed by atoms with Gasteiger partial charge in [0.05, 0.1) is 6.20 Å². The van der Waals surface area contributed by atoms with E-state index in [4.69, 9.17) is 4.74 Å². The van der Waals surface area contributed by atoms with Gasteiger partial charge in [-0.15, -0.1) is 0 Å². The number of aromatic nitrogens is 2. The fraction of sp³-hybridized carbons (Fsp3) is 0.278. The van der Waals surface area contributed by atoms with Crippen LogP contribution in [0.5, 0.6) is 0 Å². The maximum Gasteiger partial charge on any atom is 0.363 e. The molecule has 1 aliphatic heterocycles. The number of esters is 1. The smallest absolute Gasteiger partial charge is 0.363 e. The lowest BCUT2D eigenvalue weighted by molar-refractivity contribution is -0.129. The molecule has 0 atom stereocenters. The van der Waals surface area contributed by atoms with E-state index in [1.807, 2.05) is 37.5 Å². The highest BCUT2D eigenvalue weighted by Gasteiger charge is 2.24. The zero-order valence-corrected chi connectivity index (χ0v) is 13.7. The minimum atomic E-state index is -0.441. The fourth-order valence-electron chi connectivity index (χ4n) is 2.32. The first kappa shape index (κ1) is 15.2. The van der Waals surface area contributed by atoms with E-state index >= 15 is 0 Å². The maximum absolute atomic E-state index is 12.0. The molecule has 1 aromatic carbocycles. The molecule has 0 amide bonds. The molecule has 0 saturated carbocycles. The van der Waals surface area contributed by atoms with Crippen LogP contribution in [0.1, 0.15) is 37.5 Å². The predicted octanol–water partition coefficient (Wildman–Crippen LogP) is 3.06. The molecule has 5 nitrogen and oxygen atoms in total. The van der Waals surface area contributed by atoms with Crippen molar-refractivity contribution in [1.82, 2.24) is 9.78 Å². The lowest BCUT2D eigenvalue weighted by Gasteiger charge is -2.18. The molecule has 0 unspecified atom stereocenters. The summed E-state index contributed by atoms with van der Waals surface area (Å²) in [4.78, 5) is 16.3. The Labute approximate surface area is 135 Å². The molecule has 0 radical (unpaired) electrons. The van der Waals surface area contributed by atoms with Crippen molar-refractivity contribution in [2.75, 3.05) is 0 Å². The first-order valence-corrected chi connectivity index (χ1v) is 7.45. The average Bonchev–Trinajstić information content (AvgIpc) is 3.05. The minimum Gasteiger partial charge on any atom is -0.402 e. The largest absolute Gasteiger partial charge is 0.402 e. The standard InChI is InChI=1S/C18H19N3O2/c1-18(2,3)14-7-5-13(6-8-14)16-20-15(17(22)23-16)9-12-10-19-21(4)11-12/h5-11H,1-4H3. The van der Waals surface area contributed by atoms with Gasteiger partial charge in [-0.1, -0.05) is 32.9 Å². The van der Waals surface area contributed by atoms with E-state index in [1.54, 1.807) is 17.0 Å². The number of ether oxygens (including phenoxy) is 1. The van der Waals surface area contributed by atoms with Crippen LogP contribution in [0.25, 0.3) is 6.08 Å². The quantitative estimate of drug-likeness (QED) is 0.633. The number of hydrogen-bond donors (Lipinski definition) is 0. The van der Waals surface area contributed by atoms with Gasteiger partial charge in [-0.3, -0.25) is 4.68 Å². The molecule has 0 bridgehead atoms. The van der Waals surface area contributed by atoms with Crippen molar-refractivity contribution in [1.29, 1.82) is 0 Å². The summed E-state index contributed by atoms with van der Waals surface area (Å²) >= 11 is 0. The van der Waals surface area contributed by atoms with Crippen LogP contribution in [0.3, 0.4) is 0 Å². The summed E-state index contributed by atoms with van der Waals surface area (Å²) in [7, 11) is 1.82. The number of aliphatic imine (C=N–C) groups is 1. The molecule has 0 spiro atoms. The van der Waals surface area contributed by atoms with Crippen molar-refractivity contribution in [2.45, 2.75) is 26.2 Å². The first-order valence-electron chi connectivity index (χ1n) is 7.45. The molecule has 0 aliphatic carbocycles. The number of carbonyl (C=O) groups excluding carboxylic acids is 1. The zero-order chi connectivity index (χ0) is 16.6. The summed E-state index contributed by atoms with van der Waals surface area (Å²) in [6.07, 6.45) is 5.16. The van der Waals surface area contributed by atoms with Crippen molar-refractivity contribution >= 4 is 17.9 Å². The van der Waals surface area contributed by atoms with Crippen LogP contribution in [0, 0.1) is 0 Å². The van der Waals surface area contributed by atoms with Crippen LogP contribution >= 0.6 is 0 Å². The number of carbonyl (C=O) groups is 1. The molecule has 1 aromatic heterocycles. The Morgan fingerprint density at radius 2 is 1.87 bits per heavy atom. The molecular formula is C18H19N3O2. The van der Waals surface area contributed by atoms with Crippen LogP contribution in [0.4, 0.5) is 0 Å². The van der Waals surface area contributed by atoms with Crippen LogP contribution in [-0.4, -0.2) is 21.6 Å². The van der Waals surface area contributed by atoms with Crippen LogP contribution in [0.15, 0.2) is 47.3 Å². The summed E-state index contributed by atoms with van der Waals surface area (Å²) in [5, 5.41) is 4.07. The van der Waals surface area contributed by atoms with Crippen LogP contribution in [0.2, 0.25) is 0 Å². The predicted molar refractivity (Wildman–Crippen MR) is 89.0 cm³/mol. The molecule has 23 heavy (non-hydrogen) atoms. The van der Waals surface area contributed by atoms with Gasteiger partial charge in [0, 0.05) is 24.4 Å². The highest BCUT2D eigenvalue weighted by molar-refractivity contribution is 6.12.